The lowest BCUT2D eigenvalue weighted by Gasteiger charge is -2.09. The summed E-state index contributed by atoms with van der Waals surface area (Å²) >= 11 is 0. The fourth-order valence-electron chi connectivity index (χ4n) is 2.64. The standard InChI is InChI=1S/C19H21N3O/c1-13-6-4-5-7-16(13)21-19(23)8-9-22-12-20-17-10-14(2)15(3)11-18(17)22/h4-7,10-12H,8-9H2,1-3H3,(H,21,23). The van der Waals surface area contributed by atoms with E-state index in [0.717, 1.165) is 22.3 Å². The van der Waals surface area contributed by atoms with Crippen LogP contribution in [-0.4, -0.2) is 15.5 Å². The van der Waals surface area contributed by atoms with E-state index in [1.807, 2.05) is 42.1 Å². The number of hydrogen-bond donors (Lipinski definition) is 1. The van der Waals surface area contributed by atoms with Gasteiger partial charge in [0.15, 0.2) is 0 Å². The van der Waals surface area contributed by atoms with E-state index in [0.29, 0.717) is 13.0 Å². The summed E-state index contributed by atoms with van der Waals surface area (Å²) in [4.78, 5) is 16.6. The van der Waals surface area contributed by atoms with Gasteiger partial charge in [0.25, 0.3) is 0 Å². The summed E-state index contributed by atoms with van der Waals surface area (Å²) in [6.45, 7) is 6.79. The van der Waals surface area contributed by atoms with Crippen molar-refractivity contribution >= 4 is 22.6 Å². The van der Waals surface area contributed by atoms with Gasteiger partial charge in [0.2, 0.25) is 5.91 Å². The van der Waals surface area contributed by atoms with Crippen LogP contribution < -0.4 is 5.32 Å². The van der Waals surface area contributed by atoms with Gasteiger partial charge in [0.1, 0.15) is 0 Å². The summed E-state index contributed by atoms with van der Waals surface area (Å²) in [7, 11) is 0. The smallest absolute Gasteiger partial charge is 0.226 e. The average Bonchev–Trinajstić information content (AvgIpc) is 2.90. The number of nitrogens with one attached hydrogen (secondary N) is 1. The molecule has 2 aromatic carbocycles. The largest absolute Gasteiger partial charge is 0.330 e. The molecule has 0 fully saturated rings. The number of anilines is 1. The Labute approximate surface area is 136 Å². The Balaban J connectivity index is 1.70. The van der Waals surface area contributed by atoms with Crippen LogP contribution in [0.25, 0.3) is 11.0 Å². The molecule has 1 amide bonds. The van der Waals surface area contributed by atoms with E-state index in [1.165, 1.54) is 11.1 Å². The minimum absolute atomic E-state index is 0.0185. The van der Waals surface area contributed by atoms with Gasteiger partial charge in [-0.15, -0.1) is 0 Å². The van der Waals surface area contributed by atoms with Gasteiger partial charge in [0.05, 0.1) is 17.4 Å². The predicted molar refractivity (Wildman–Crippen MR) is 93.6 cm³/mol. The molecule has 0 atom stereocenters. The van der Waals surface area contributed by atoms with Crippen LogP contribution in [0, 0.1) is 20.8 Å². The number of fused-ring (bicyclic) bond motifs is 1. The first-order valence-corrected chi connectivity index (χ1v) is 7.82. The van der Waals surface area contributed by atoms with Crippen LogP contribution >= 0.6 is 0 Å². The van der Waals surface area contributed by atoms with E-state index in [1.54, 1.807) is 0 Å². The maximum Gasteiger partial charge on any atom is 0.226 e. The minimum atomic E-state index is 0.0185. The van der Waals surface area contributed by atoms with Crippen LogP contribution in [0.1, 0.15) is 23.1 Å². The summed E-state index contributed by atoms with van der Waals surface area (Å²) in [5.74, 6) is 0.0185. The minimum Gasteiger partial charge on any atom is -0.330 e. The Kier molecular flexibility index (Phi) is 4.15. The monoisotopic (exact) mass is 307 g/mol. The van der Waals surface area contributed by atoms with Gasteiger partial charge in [-0.3, -0.25) is 4.79 Å². The van der Waals surface area contributed by atoms with Gasteiger partial charge >= 0.3 is 0 Å². The first kappa shape index (κ1) is 15.3. The van der Waals surface area contributed by atoms with Crippen LogP contribution in [0.5, 0.6) is 0 Å². The van der Waals surface area contributed by atoms with E-state index in [4.69, 9.17) is 0 Å². The quantitative estimate of drug-likeness (QED) is 0.792. The third-order valence-corrected chi connectivity index (χ3v) is 4.24. The molecule has 0 saturated carbocycles. The maximum absolute atomic E-state index is 12.2. The zero-order chi connectivity index (χ0) is 16.4. The van der Waals surface area contributed by atoms with Gasteiger partial charge < -0.3 is 9.88 Å². The average molecular weight is 307 g/mol. The Morgan fingerprint density at radius 2 is 1.83 bits per heavy atom. The Morgan fingerprint density at radius 3 is 2.61 bits per heavy atom. The molecule has 0 saturated heterocycles. The van der Waals surface area contributed by atoms with Crippen molar-refractivity contribution in [1.29, 1.82) is 0 Å². The number of rotatable bonds is 4. The Bertz CT molecular complexity index is 864. The van der Waals surface area contributed by atoms with E-state index in [9.17, 15) is 4.79 Å². The molecule has 1 heterocycles. The number of amides is 1. The number of benzene rings is 2. The van der Waals surface area contributed by atoms with Crippen molar-refractivity contribution in [2.75, 3.05) is 5.32 Å². The van der Waals surface area contributed by atoms with E-state index in [-0.39, 0.29) is 5.91 Å². The molecular formula is C19H21N3O. The molecule has 0 spiro atoms. The van der Waals surface area contributed by atoms with Crippen molar-refractivity contribution < 1.29 is 4.79 Å². The molecule has 3 rings (SSSR count). The number of imidazole rings is 1. The summed E-state index contributed by atoms with van der Waals surface area (Å²) < 4.78 is 2.04. The Hall–Kier alpha value is -2.62. The van der Waals surface area contributed by atoms with E-state index < -0.39 is 0 Å². The fraction of sp³-hybridized carbons (Fsp3) is 0.263. The predicted octanol–water partition coefficient (Wildman–Crippen LogP) is 3.99. The summed E-state index contributed by atoms with van der Waals surface area (Å²) in [5, 5.41) is 2.97. The molecule has 1 aromatic heterocycles. The Morgan fingerprint density at radius 1 is 1.09 bits per heavy atom. The van der Waals surface area contributed by atoms with Crippen molar-refractivity contribution in [3.05, 3.63) is 59.4 Å². The van der Waals surface area contributed by atoms with Gasteiger partial charge in [-0.05, 0) is 55.7 Å². The number of aromatic nitrogens is 2. The number of para-hydroxylation sites is 1. The van der Waals surface area contributed by atoms with Gasteiger partial charge in [0, 0.05) is 18.7 Å². The molecule has 23 heavy (non-hydrogen) atoms. The molecule has 0 aliphatic heterocycles. The van der Waals surface area contributed by atoms with Crippen LogP contribution in [0.3, 0.4) is 0 Å². The fourth-order valence-corrected chi connectivity index (χ4v) is 2.64. The summed E-state index contributed by atoms with van der Waals surface area (Å²) in [6, 6.07) is 12.0. The highest BCUT2D eigenvalue weighted by molar-refractivity contribution is 5.91. The third kappa shape index (κ3) is 3.26. The van der Waals surface area contributed by atoms with Crippen molar-refractivity contribution in [1.82, 2.24) is 9.55 Å². The SMILES string of the molecule is Cc1cc2ncn(CCC(=O)Nc3ccccc3C)c2cc1C. The lowest BCUT2D eigenvalue weighted by Crippen LogP contribution is -2.14. The molecule has 0 bridgehead atoms. The van der Waals surface area contributed by atoms with Crippen LogP contribution in [0.15, 0.2) is 42.7 Å². The number of nitrogens with zero attached hydrogens (tertiary/aromatic N) is 2. The van der Waals surface area contributed by atoms with Gasteiger partial charge in [-0.1, -0.05) is 18.2 Å². The lowest BCUT2D eigenvalue weighted by atomic mass is 10.1. The van der Waals surface area contributed by atoms with E-state index >= 15 is 0 Å². The highest BCUT2D eigenvalue weighted by Crippen LogP contribution is 2.19. The van der Waals surface area contributed by atoms with Crippen LogP contribution in [0.2, 0.25) is 0 Å². The van der Waals surface area contributed by atoms with Gasteiger partial charge in [-0.25, -0.2) is 4.98 Å². The van der Waals surface area contributed by atoms with Crippen molar-refractivity contribution in [3.63, 3.8) is 0 Å². The molecule has 118 valence electrons. The molecule has 1 N–H and O–H groups in total. The second-order valence-electron chi connectivity index (χ2n) is 5.98. The lowest BCUT2D eigenvalue weighted by molar-refractivity contribution is -0.116. The zero-order valence-corrected chi connectivity index (χ0v) is 13.8. The van der Waals surface area contributed by atoms with Crippen molar-refractivity contribution in [3.8, 4) is 0 Å². The molecular weight excluding hydrogens is 286 g/mol. The number of carbonyl (C=O) groups excluding carboxylic acids is 1. The summed E-state index contributed by atoms with van der Waals surface area (Å²) in [5.41, 5.74) is 6.48. The first-order chi connectivity index (χ1) is 11.0. The molecule has 0 aliphatic rings. The van der Waals surface area contributed by atoms with Crippen molar-refractivity contribution in [2.24, 2.45) is 0 Å². The van der Waals surface area contributed by atoms with Gasteiger partial charge in [-0.2, -0.15) is 0 Å². The molecule has 0 aliphatic carbocycles. The first-order valence-electron chi connectivity index (χ1n) is 7.82. The number of carbonyl (C=O) groups is 1. The number of aryl methyl sites for hydroxylation is 4. The highest BCUT2D eigenvalue weighted by Gasteiger charge is 2.08. The maximum atomic E-state index is 12.2. The second-order valence-corrected chi connectivity index (χ2v) is 5.98. The van der Waals surface area contributed by atoms with Crippen LogP contribution in [0.4, 0.5) is 5.69 Å². The highest BCUT2D eigenvalue weighted by atomic mass is 16.1. The second kappa shape index (κ2) is 6.24. The molecule has 3 aromatic rings. The zero-order valence-electron chi connectivity index (χ0n) is 13.8. The number of hydrogen-bond acceptors (Lipinski definition) is 2. The molecule has 4 nitrogen and oxygen atoms in total. The van der Waals surface area contributed by atoms with E-state index in [2.05, 4.69) is 36.3 Å². The molecule has 0 unspecified atom stereocenters. The van der Waals surface area contributed by atoms with Crippen LogP contribution in [-0.2, 0) is 11.3 Å². The van der Waals surface area contributed by atoms with Crippen molar-refractivity contribution in [2.45, 2.75) is 33.7 Å². The third-order valence-electron chi connectivity index (χ3n) is 4.24. The molecule has 0 radical (unpaired) electrons. The summed E-state index contributed by atoms with van der Waals surface area (Å²) in [6.07, 6.45) is 2.23. The topological polar surface area (TPSA) is 46.9 Å². The normalized spacial score (nSPS) is 10.9. The molecule has 4 heteroatoms.